The molecule has 2 heterocycles. The van der Waals surface area contributed by atoms with Gasteiger partial charge in [0.25, 0.3) is 5.91 Å². The van der Waals surface area contributed by atoms with E-state index in [1.54, 1.807) is 0 Å². The lowest BCUT2D eigenvalue weighted by Gasteiger charge is -2.26. The van der Waals surface area contributed by atoms with Gasteiger partial charge >= 0.3 is 0 Å². The molecule has 1 amide bonds. The Morgan fingerprint density at radius 3 is 2.48 bits per heavy atom. The average molecular weight is 414 g/mol. The maximum atomic E-state index is 13.3. The largest absolute Gasteiger partial charge is 0.370 e. The zero-order valence-corrected chi connectivity index (χ0v) is 18.4. The molecular weight excluding hydrogens is 382 g/mol. The van der Waals surface area contributed by atoms with Gasteiger partial charge in [0.2, 0.25) is 0 Å². The van der Waals surface area contributed by atoms with Gasteiger partial charge in [-0.1, -0.05) is 49.4 Å². The third-order valence-electron chi connectivity index (χ3n) is 6.70. The van der Waals surface area contributed by atoms with Gasteiger partial charge in [0.15, 0.2) is 0 Å². The van der Waals surface area contributed by atoms with Crippen LogP contribution in [0.1, 0.15) is 35.7 Å². The second-order valence-electron chi connectivity index (χ2n) is 8.71. The molecule has 0 atom stereocenters. The monoisotopic (exact) mass is 413 g/mol. The van der Waals surface area contributed by atoms with E-state index in [-0.39, 0.29) is 5.91 Å². The number of benzene rings is 3. The number of hydrogen-bond acceptors (Lipinski definition) is 3. The highest BCUT2D eigenvalue weighted by atomic mass is 16.2. The third-order valence-corrected chi connectivity index (χ3v) is 6.70. The Bertz CT molecular complexity index is 1080. The summed E-state index contributed by atoms with van der Waals surface area (Å²) in [4.78, 5) is 20.3. The predicted molar refractivity (Wildman–Crippen MR) is 129 cm³/mol. The van der Waals surface area contributed by atoms with Crippen molar-refractivity contribution in [2.24, 2.45) is 0 Å². The van der Waals surface area contributed by atoms with Crippen molar-refractivity contribution in [1.29, 1.82) is 0 Å². The molecule has 1 saturated heterocycles. The summed E-state index contributed by atoms with van der Waals surface area (Å²) in [6, 6.07) is 21.1. The van der Waals surface area contributed by atoms with Crippen LogP contribution < -0.4 is 9.80 Å². The summed E-state index contributed by atoms with van der Waals surface area (Å²) in [5, 5.41) is 2.35. The van der Waals surface area contributed by atoms with E-state index in [1.807, 2.05) is 23.1 Å². The first-order valence-corrected chi connectivity index (χ1v) is 11.6. The topological polar surface area (TPSA) is 26.8 Å². The minimum Gasteiger partial charge on any atom is -0.370 e. The maximum Gasteiger partial charge on any atom is 0.259 e. The quantitative estimate of drug-likeness (QED) is 0.571. The minimum absolute atomic E-state index is 0.138. The highest BCUT2D eigenvalue weighted by molar-refractivity contribution is 6.26. The zero-order valence-electron chi connectivity index (χ0n) is 18.4. The Kier molecular flexibility index (Phi) is 5.65. The van der Waals surface area contributed by atoms with E-state index in [1.165, 1.54) is 42.6 Å². The molecule has 31 heavy (non-hydrogen) atoms. The van der Waals surface area contributed by atoms with Crippen molar-refractivity contribution >= 4 is 28.1 Å². The van der Waals surface area contributed by atoms with Crippen molar-refractivity contribution in [2.75, 3.05) is 49.1 Å². The fraction of sp³-hybridized carbons (Fsp3) is 0.370. The van der Waals surface area contributed by atoms with E-state index in [9.17, 15) is 4.79 Å². The highest BCUT2D eigenvalue weighted by Gasteiger charge is 2.31. The molecule has 0 N–H and O–H groups in total. The summed E-state index contributed by atoms with van der Waals surface area (Å²) in [5.41, 5.74) is 4.46. The Balaban J connectivity index is 1.44. The Morgan fingerprint density at radius 1 is 0.806 bits per heavy atom. The summed E-state index contributed by atoms with van der Waals surface area (Å²) < 4.78 is 0. The second kappa shape index (κ2) is 8.72. The smallest absolute Gasteiger partial charge is 0.259 e. The molecule has 0 radical (unpaired) electrons. The van der Waals surface area contributed by atoms with Crippen molar-refractivity contribution < 1.29 is 4.79 Å². The van der Waals surface area contributed by atoms with E-state index in [0.717, 1.165) is 42.7 Å². The molecule has 2 aliphatic rings. The second-order valence-corrected chi connectivity index (χ2v) is 8.71. The lowest BCUT2D eigenvalue weighted by molar-refractivity contribution is 0.0993. The number of carbonyl (C=O) groups excluding carboxylic acids is 1. The van der Waals surface area contributed by atoms with Crippen LogP contribution in [0.25, 0.3) is 10.8 Å². The molecule has 5 rings (SSSR count). The summed E-state index contributed by atoms with van der Waals surface area (Å²) in [5.74, 6) is 0.138. The van der Waals surface area contributed by atoms with Gasteiger partial charge in [-0.05, 0) is 56.1 Å². The van der Waals surface area contributed by atoms with Crippen LogP contribution in [0.5, 0.6) is 0 Å². The first-order chi connectivity index (χ1) is 15.3. The molecule has 0 saturated carbocycles. The number of rotatable bonds is 6. The predicted octanol–water partition coefficient (Wildman–Crippen LogP) is 4.96. The Labute approximate surface area is 185 Å². The highest BCUT2D eigenvalue weighted by Crippen LogP contribution is 2.41. The van der Waals surface area contributed by atoms with Gasteiger partial charge < -0.3 is 14.7 Å². The standard InChI is InChI=1S/C27H31N3O/c1-2-15-28-16-7-17-29(20-19-28)24-12-13-25-26-22(24)10-6-11-23(26)27(31)30(25)18-14-21-8-4-3-5-9-21/h3-6,8-13H,2,7,14-20H2,1H3. The van der Waals surface area contributed by atoms with Gasteiger partial charge in [-0.25, -0.2) is 0 Å². The molecule has 4 nitrogen and oxygen atoms in total. The van der Waals surface area contributed by atoms with Crippen LogP contribution in [0.2, 0.25) is 0 Å². The van der Waals surface area contributed by atoms with Crippen molar-refractivity contribution in [3.63, 3.8) is 0 Å². The Hall–Kier alpha value is -2.85. The van der Waals surface area contributed by atoms with Crippen LogP contribution in [0, 0.1) is 0 Å². The van der Waals surface area contributed by atoms with Gasteiger partial charge in [-0.15, -0.1) is 0 Å². The number of amides is 1. The Morgan fingerprint density at radius 2 is 1.65 bits per heavy atom. The third kappa shape index (κ3) is 3.81. The minimum atomic E-state index is 0.138. The van der Waals surface area contributed by atoms with Crippen molar-refractivity contribution in [2.45, 2.75) is 26.2 Å². The van der Waals surface area contributed by atoms with Crippen molar-refractivity contribution in [3.8, 4) is 0 Å². The fourth-order valence-corrected chi connectivity index (χ4v) is 5.17. The van der Waals surface area contributed by atoms with Crippen LogP contribution in [0.3, 0.4) is 0 Å². The maximum absolute atomic E-state index is 13.3. The summed E-state index contributed by atoms with van der Waals surface area (Å²) in [6.45, 7) is 8.56. The van der Waals surface area contributed by atoms with Crippen LogP contribution >= 0.6 is 0 Å². The SMILES string of the molecule is CCCN1CCCN(c2ccc3c4c(cccc24)C(=O)N3CCc2ccccc2)CC1. The van der Waals surface area contributed by atoms with Crippen molar-refractivity contribution in [3.05, 3.63) is 71.8 Å². The van der Waals surface area contributed by atoms with Gasteiger partial charge in [-0.3, -0.25) is 4.79 Å². The summed E-state index contributed by atoms with van der Waals surface area (Å²) in [7, 11) is 0. The molecule has 4 heteroatoms. The summed E-state index contributed by atoms with van der Waals surface area (Å²) in [6.07, 6.45) is 3.26. The molecule has 0 bridgehead atoms. The number of carbonyl (C=O) groups is 1. The molecule has 0 spiro atoms. The normalized spacial score (nSPS) is 16.9. The van der Waals surface area contributed by atoms with Crippen LogP contribution in [0.15, 0.2) is 60.7 Å². The van der Waals surface area contributed by atoms with E-state index in [2.05, 4.69) is 59.2 Å². The van der Waals surface area contributed by atoms with Gasteiger partial charge in [0.1, 0.15) is 0 Å². The average Bonchev–Trinajstić information content (AvgIpc) is 2.94. The molecular formula is C27H31N3O. The number of nitrogens with zero attached hydrogens (tertiary/aromatic N) is 3. The van der Waals surface area contributed by atoms with Gasteiger partial charge in [-0.2, -0.15) is 0 Å². The molecule has 0 aromatic heterocycles. The fourth-order valence-electron chi connectivity index (χ4n) is 5.17. The van der Waals surface area contributed by atoms with Crippen LogP contribution in [-0.2, 0) is 6.42 Å². The van der Waals surface area contributed by atoms with Gasteiger partial charge in [0.05, 0.1) is 5.69 Å². The molecule has 2 aliphatic heterocycles. The number of anilines is 2. The van der Waals surface area contributed by atoms with Crippen LogP contribution in [0.4, 0.5) is 11.4 Å². The molecule has 0 aliphatic carbocycles. The van der Waals surface area contributed by atoms with Gasteiger partial charge in [0, 0.05) is 48.2 Å². The number of hydrogen-bond donors (Lipinski definition) is 0. The van der Waals surface area contributed by atoms with E-state index in [0.29, 0.717) is 6.54 Å². The van der Waals surface area contributed by atoms with E-state index >= 15 is 0 Å². The van der Waals surface area contributed by atoms with Crippen LogP contribution in [-0.4, -0.2) is 50.1 Å². The van der Waals surface area contributed by atoms with E-state index < -0.39 is 0 Å². The lowest BCUT2D eigenvalue weighted by atomic mass is 10.0. The molecule has 160 valence electrons. The lowest BCUT2D eigenvalue weighted by Crippen LogP contribution is -2.31. The zero-order chi connectivity index (χ0) is 21.2. The molecule has 3 aromatic rings. The first kappa shape index (κ1) is 20.1. The molecule has 1 fully saturated rings. The first-order valence-electron chi connectivity index (χ1n) is 11.6. The molecule has 3 aromatic carbocycles. The summed E-state index contributed by atoms with van der Waals surface area (Å²) >= 11 is 0. The van der Waals surface area contributed by atoms with Crippen molar-refractivity contribution in [1.82, 2.24) is 4.90 Å². The molecule has 0 unspecified atom stereocenters. The van der Waals surface area contributed by atoms with E-state index in [4.69, 9.17) is 0 Å².